The molecule has 1 aliphatic carbocycles. The van der Waals surface area contributed by atoms with Gasteiger partial charge in [0.25, 0.3) is 5.91 Å². The van der Waals surface area contributed by atoms with Crippen molar-refractivity contribution in [3.63, 3.8) is 0 Å². The second kappa shape index (κ2) is 5.61. The van der Waals surface area contributed by atoms with Gasteiger partial charge in [0.05, 0.1) is 0 Å². The summed E-state index contributed by atoms with van der Waals surface area (Å²) in [7, 11) is 1.20. The van der Waals surface area contributed by atoms with Crippen LogP contribution in [0.3, 0.4) is 0 Å². The molecule has 1 saturated carbocycles. The van der Waals surface area contributed by atoms with Crippen molar-refractivity contribution in [1.29, 1.82) is 0 Å². The van der Waals surface area contributed by atoms with E-state index in [0.717, 1.165) is 49.4 Å². The fraction of sp³-hybridized carbons (Fsp3) is 0.462. The molecule has 18 heavy (non-hydrogen) atoms. The lowest BCUT2D eigenvalue weighted by atomic mass is 9.94. The van der Waals surface area contributed by atoms with Gasteiger partial charge in [0.15, 0.2) is 0 Å². The van der Waals surface area contributed by atoms with Gasteiger partial charge in [-0.1, -0.05) is 18.4 Å². The predicted octanol–water partition coefficient (Wildman–Crippen LogP) is 1.79. The topological polar surface area (TPSA) is 29.1 Å². The van der Waals surface area contributed by atoms with Gasteiger partial charge < -0.3 is 5.32 Å². The van der Waals surface area contributed by atoms with Gasteiger partial charge in [-0.05, 0) is 25.0 Å². The Balaban J connectivity index is 1.99. The molecule has 5 heteroatoms. The maximum atomic E-state index is 13.0. The molecule has 0 aliphatic heterocycles. The molecule has 1 fully saturated rings. The van der Waals surface area contributed by atoms with E-state index in [1.807, 2.05) is 0 Å². The van der Waals surface area contributed by atoms with Gasteiger partial charge in [0.2, 0.25) is 0 Å². The van der Waals surface area contributed by atoms with E-state index < -0.39 is 11.6 Å². The number of carbonyl (C=O) groups excluding carboxylic acids is 1. The first-order valence-corrected chi connectivity index (χ1v) is 7.47. The molecule has 0 bridgehead atoms. The number of hydrogen-bond acceptors (Lipinski definition) is 1. The summed E-state index contributed by atoms with van der Waals surface area (Å²) in [6.07, 6.45) is 4.23. The first-order chi connectivity index (χ1) is 8.54. The molecule has 0 heterocycles. The first kappa shape index (κ1) is 13.2. The van der Waals surface area contributed by atoms with Gasteiger partial charge in [0.1, 0.15) is 11.6 Å². The molecule has 0 aromatic heterocycles. The van der Waals surface area contributed by atoms with Crippen LogP contribution < -0.4 is 5.32 Å². The summed E-state index contributed by atoms with van der Waals surface area (Å²) in [4.78, 5) is 11.9. The largest absolute Gasteiger partial charge is 0.349 e. The molecule has 0 atom stereocenters. The second-order valence-corrected chi connectivity index (χ2v) is 6.72. The van der Waals surface area contributed by atoms with Crippen molar-refractivity contribution < 1.29 is 13.6 Å². The Morgan fingerprint density at radius 3 is 2.22 bits per heavy atom. The van der Waals surface area contributed by atoms with E-state index >= 15 is 0 Å². The predicted molar refractivity (Wildman–Crippen MR) is 69.8 cm³/mol. The van der Waals surface area contributed by atoms with Crippen LogP contribution in [-0.2, 0) is 0 Å². The fourth-order valence-corrected chi connectivity index (χ4v) is 3.02. The van der Waals surface area contributed by atoms with Gasteiger partial charge in [-0.2, -0.15) is 0 Å². The van der Waals surface area contributed by atoms with Gasteiger partial charge in [-0.25, -0.2) is 8.78 Å². The van der Waals surface area contributed by atoms with Crippen molar-refractivity contribution in [3.8, 4) is 0 Å². The highest BCUT2D eigenvalue weighted by Gasteiger charge is 2.20. The van der Waals surface area contributed by atoms with Crippen LogP contribution in [0.2, 0.25) is 5.54 Å². The van der Waals surface area contributed by atoms with Crippen molar-refractivity contribution >= 4 is 16.1 Å². The molecule has 0 saturated heterocycles. The van der Waals surface area contributed by atoms with E-state index in [-0.39, 0.29) is 17.5 Å². The molecule has 2 rings (SSSR count). The Hall–Kier alpha value is -1.23. The van der Waals surface area contributed by atoms with Crippen LogP contribution >= 0.6 is 0 Å². The minimum atomic E-state index is -0.719. The van der Waals surface area contributed by atoms with Crippen LogP contribution in [0.4, 0.5) is 8.78 Å². The molecular formula is C13H17F2NOSi. The van der Waals surface area contributed by atoms with E-state index in [9.17, 15) is 13.6 Å². The number of carbonyl (C=O) groups is 1. The molecule has 0 unspecified atom stereocenters. The number of halogens is 2. The molecule has 1 amide bonds. The lowest BCUT2D eigenvalue weighted by Crippen LogP contribution is -2.37. The minimum absolute atomic E-state index is 0.0560. The van der Waals surface area contributed by atoms with Crippen molar-refractivity contribution in [1.82, 2.24) is 5.32 Å². The Morgan fingerprint density at radius 1 is 1.11 bits per heavy atom. The average Bonchev–Trinajstić information content (AvgIpc) is 2.31. The quantitative estimate of drug-likeness (QED) is 0.815. The zero-order valence-corrected chi connectivity index (χ0v) is 12.4. The summed E-state index contributed by atoms with van der Waals surface area (Å²) in [5, 5.41) is 2.85. The molecule has 0 spiro atoms. The van der Waals surface area contributed by atoms with Crippen LogP contribution in [-0.4, -0.2) is 22.2 Å². The highest BCUT2D eigenvalue weighted by molar-refractivity contribution is 6.11. The second-order valence-electron chi connectivity index (χ2n) is 5.09. The smallest absolute Gasteiger partial charge is 0.251 e. The van der Waals surface area contributed by atoms with E-state index in [1.165, 1.54) is 10.2 Å². The van der Waals surface area contributed by atoms with Gasteiger partial charge >= 0.3 is 0 Å². The van der Waals surface area contributed by atoms with Crippen molar-refractivity contribution in [3.05, 3.63) is 35.4 Å². The summed E-state index contributed by atoms with van der Waals surface area (Å²) in [5.74, 6) is -1.82. The highest BCUT2D eigenvalue weighted by atomic mass is 28.1. The molecule has 0 radical (unpaired) electrons. The molecular weight excluding hydrogens is 252 g/mol. The third-order valence-electron chi connectivity index (χ3n) is 3.48. The van der Waals surface area contributed by atoms with Gasteiger partial charge in [0, 0.05) is 27.9 Å². The van der Waals surface area contributed by atoms with E-state index in [2.05, 4.69) is 5.32 Å². The Kier molecular flexibility index (Phi) is 4.11. The summed E-state index contributed by atoms with van der Waals surface area (Å²) in [6, 6.07) is 3.05. The van der Waals surface area contributed by atoms with Gasteiger partial charge in [-0.3, -0.25) is 4.79 Å². The maximum Gasteiger partial charge on any atom is 0.251 e. The van der Waals surface area contributed by atoms with Crippen LogP contribution in [0.1, 0.15) is 36.0 Å². The number of hydrogen-bond donors (Lipinski definition) is 1. The summed E-state index contributed by atoms with van der Waals surface area (Å²) >= 11 is 0. The minimum Gasteiger partial charge on any atom is -0.349 e. The third kappa shape index (κ3) is 3.38. The van der Waals surface area contributed by atoms with E-state index in [4.69, 9.17) is 0 Å². The first-order valence-electron chi connectivity index (χ1n) is 6.31. The zero-order valence-electron chi connectivity index (χ0n) is 10.4. The maximum absolute atomic E-state index is 13.0. The summed E-state index contributed by atoms with van der Waals surface area (Å²) in [6.45, 7) is 0. The average molecular weight is 269 g/mol. The number of nitrogens with one attached hydrogen (secondary N) is 1. The normalized spacial score (nSPS) is 23.9. The number of benzene rings is 1. The van der Waals surface area contributed by atoms with Crippen molar-refractivity contribution in [2.75, 3.05) is 0 Å². The highest BCUT2D eigenvalue weighted by Crippen LogP contribution is 2.26. The Labute approximate surface area is 108 Å². The van der Waals surface area contributed by atoms with Gasteiger partial charge in [-0.15, -0.1) is 0 Å². The van der Waals surface area contributed by atoms with Crippen LogP contribution in [0, 0.1) is 11.6 Å². The van der Waals surface area contributed by atoms with Crippen LogP contribution in [0.5, 0.6) is 0 Å². The summed E-state index contributed by atoms with van der Waals surface area (Å²) in [5.41, 5.74) is 0.894. The molecule has 1 aliphatic rings. The monoisotopic (exact) mass is 269 g/mol. The molecule has 1 N–H and O–H groups in total. The van der Waals surface area contributed by atoms with Crippen molar-refractivity contribution in [2.24, 2.45) is 0 Å². The SMILES string of the molecule is O=C(N[C@H]1CC[C@@H]([SiH3])CC1)c1cc(F)cc(F)c1. The third-order valence-corrected chi connectivity index (χ3v) is 4.63. The fourth-order valence-electron chi connectivity index (χ4n) is 2.36. The molecule has 2 nitrogen and oxygen atoms in total. The van der Waals surface area contributed by atoms with E-state index in [0.29, 0.717) is 0 Å². The molecule has 1 aromatic rings. The van der Waals surface area contributed by atoms with Crippen molar-refractivity contribution in [2.45, 2.75) is 37.3 Å². The lowest BCUT2D eigenvalue weighted by Gasteiger charge is -2.26. The van der Waals surface area contributed by atoms with Crippen LogP contribution in [0.25, 0.3) is 0 Å². The number of amides is 1. The number of rotatable bonds is 2. The molecule has 1 aromatic carbocycles. The Bertz CT molecular complexity index is 424. The molecule has 98 valence electrons. The van der Waals surface area contributed by atoms with E-state index in [1.54, 1.807) is 0 Å². The summed E-state index contributed by atoms with van der Waals surface area (Å²) < 4.78 is 26.0. The zero-order chi connectivity index (χ0) is 13.1. The van der Waals surface area contributed by atoms with Crippen LogP contribution in [0.15, 0.2) is 18.2 Å². The Morgan fingerprint density at radius 2 is 1.67 bits per heavy atom. The standard InChI is InChI=1S/C13H17F2NOSi/c14-9-5-8(6-10(15)7-9)13(17)16-11-1-3-12(18)4-2-11/h5-7,11-12H,1-4H2,18H3,(H,16,17)/t11-,12+. The lowest BCUT2D eigenvalue weighted by molar-refractivity contribution is 0.0926.